The van der Waals surface area contributed by atoms with Gasteiger partial charge in [-0.1, -0.05) is 12.1 Å². The Kier molecular flexibility index (Phi) is 30.8. The van der Waals surface area contributed by atoms with Crippen LogP contribution in [0.15, 0.2) is 159 Å². The molecular weight excluding hydrogens is 871 g/mol. The van der Waals surface area contributed by atoms with E-state index >= 15 is 0 Å². The van der Waals surface area contributed by atoms with Gasteiger partial charge in [0.15, 0.2) is 12.4 Å². The van der Waals surface area contributed by atoms with Crippen molar-refractivity contribution in [3.8, 4) is 0 Å². The molecule has 70 heavy (non-hydrogen) atoms. The molecule has 0 spiro atoms. The zero-order valence-electron chi connectivity index (χ0n) is 43.7. The Balaban J connectivity index is 0.000000394. The fraction of sp³-hybridized carbons (Fsp3) is 0.268. The molecule has 9 aromatic heterocycles. The number of hydrogen-bond donors (Lipinski definition) is 0. The summed E-state index contributed by atoms with van der Waals surface area (Å²) in [6.07, 6.45) is 22.7. The maximum absolute atomic E-state index is 10.3. The number of nitrogens with zero attached hydrogens (tertiary/aromatic N) is 13. The zero-order chi connectivity index (χ0) is 52.1. The van der Waals surface area contributed by atoms with Gasteiger partial charge in [0, 0.05) is 109 Å². The van der Waals surface area contributed by atoms with Gasteiger partial charge >= 0.3 is 0 Å². The van der Waals surface area contributed by atoms with E-state index in [9.17, 15) is 5.21 Å². The van der Waals surface area contributed by atoms with Crippen molar-refractivity contribution in [1.29, 1.82) is 0 Å². The fourth-order valence-electron chi connectivity index (χ4n) is 4.90. The molecule has 0 fully saturated rings. The maximum atomic E-state index is 10.3. The minimum atomic E-state index is 0.771. The van der Waals surface area contributed by atoms with Gasteiger partial charge in [0.25, 0.3) is 0 Å². The van der Waals surface area contributed by atoms with E-state index < -0.39 is 0 Å². The molecule has 9 heterocycles. The first-order valence-corrected chi connectivity index (χ1v) is 22.5. The monoisotopic (exact) mass is 942 g/mol. The number of aryl methyl sites for hydroxylation is 15. The molecule has 0 N–H and O–H groups in total. The van der Waals surface area contributed by atoms with Gasteiger partial charge in [0.2, 0.25) is 0 Å². The molecule has 0 unspecified atom stereocenters. The molecule has 9 aromatic rings. The van der Waals surface area contributed by atoms with Crippen LogP contribution in [-0.4, -0.2) is 59.8 Å². The number of pyridine rings is 5. The molecule has 0 aromatic carbocycles. The molecule has 14 nitrogen and oxygen atoms in total. The molecule has 0 saturated heterocycles. The smallest absolute Gasteiger partial charge is 0.180 e. The highest BCUT2D eigenvalue weighted by atomic mass is 16.5. The molecule has 0 radical (unpaired) electrons. The van der Waals surface area contributed by atoms with Crippen LogP contribution in [0.25, 0.3) is 0 Å². The van der Waals surface area contributed by atoms with Gasteiger partial charge in [-0.3, -0.25) is 19.9 Å². The quantitative estimate of drug-likeness (QED) is 0.104. The van der Waals surface area contributed by atoms with Crippen molar-refractivity contribution in [2.75, 3.05) is 0 Å². The number of hydrogen-bond acceptors (Lipinski definition) is 13. The van der Waals surface area contributed by atoms with Gasteiger partial charge in [-0.05, 0) is 192 Å². The summed E-state index contributed by atoms with van der Waals surface area (Å²) in [5.41, 5.74) is 12.5. The van der Waals surface area contributed by atoms with E-state index in [1.807, 2.05) is 176 Å². The molecule has 0 amide bonds. The van der Waals surface area contributed by atoms with E-state index in [2.05, 4.69) is 78.9 Å². The SMILES string of the molecule is Cc1cc(C)nc(C)n1.Cc1cc[n+]([O-])cc1.Cc1ccc(C)nc1.Cc1cccnc1.Cc1ccnc(C)c1.Cc1ccnc(C)n1.Cc1ccncc1.Cc1cnc(C)nc1.Cc1ncccn1. The zero-order valence-corrected chi connectivity index (χ0v) is 43.7. The molecule has 0 aliphatic carbocycles. The summed E-state index contributed by atoms with van der Waals surface area (Å²) in [4.78, 5) is 47.8. The van der Waals surface area contributed by atoms with Gasteiger partial charge < -0.3 is 5.21 Å². The van der Waals surface area contributed by atoms with Crippen molar-refractivity contribution in [2.24, 2.45) is 0 Å². The van der Waals surface area contributed by atoms with Crippen molar-refractivity contribution in [3.63, 3.8) is 0 Å². The fourth-order valence-corrected chi connectivity index (χ4v) is 4.90. The van der Waals surface area contributed by atoms with Gasteiger partial charge in [0.05, 0.1) is 0 Å². The Labute approximate surface area is 416 Å². The lowest BCUT2D eigenvalue weighted by molar-refractivity contribution is -0.605. The molecule has 366 valence electrons. The third-order valence-electron chi connectivity index (χ3n) is 8.35. The van der Waals surface area contributed by atoms with Gasteiger partial charge in [0.1, 0.15) is 23.3 Å². The molecule has 9 rings (SSSR count). The minimum Gasteiger partial charge on any atom is -0.619 e. The van der Waals surface area contributed by atoms with Gasteiger partial charge in [-0.25, -0.2) is 39.9 Å². The number of rotatable bonds is 0. The number of aromatic nitrogens is 13. The molecule has 0 aliphatic heterocycles. The summed E-state index contributed by atoms with van der Waals surface area (Å²) in [5, 5.41) is 10.3. The summed E-state index contributed by atoms with van der Waals surface area (Å²) < 4.78 is 0.771. The standard InChI is InChI=1S/C7H10N2.2C7H9N.2C6H8N2.C6H7NO.2C6H7N.C5H6N2/c1-5-4-6(2)9-7(3)8-5;1-6-3-4-8-7(2)5-6;1-6-3-4-7(2)8-5-6;1-5-3-7-6(2)8-4-5;1-5-3-4-7-6(2)8-5;1-6-2-4-7(8)5-3-6;1-6-2-4-7-5-3-6;1-6-3-2-4-7-5-6;1-5-6-3-2-4-7-5/h4H,1-3H3;2*3-5H,1-2H3;2*3-4H,1-2H3;2-5H,1H3;2*2-5H,1H3;2-4H,1H3. The van der Waals surface area contributed by atoms with Crippen LogP contribution in [0.5, 0.6) is 0 Å². The maximum Gasteiger partial charge on any atom is 0.180 e. The second kappa shape index (κ2) is 36.0. The average molecular weight is 942 g/mol. The largest absolute Gasteiger partial charge is 0.619 e. The highest BCUT2D eigenvalue weighted by Crippen LogP contribution is 1.98. The predicted octanol–water partition coefficient (Wildman–Crippen LogP) is 11.2. The molecule has 0 aliphatic rings. The Morgan fingerprint density at radius 2 is 0.814 bits per heavy atom. The Bertz CT molecular complexity index is 2310. The van der Waals surface area contributed by atoms with Crippen LogP contribution in [0.2, 0.25) is 0 Å². The molecule has 0 atom stereocenters. The lowest BCUT2D eigenvalue weighted by Crippen LogP contribution is -2.23. The normalized spacial score (nSPS) is 9.13. The predicted molar refractivity (Wildman–Crippen MR) is 282 cm³/mol. The van der Waals surface area contributed by atoms with E-state index in [0.29, 0.717) is 0 Å². The van der Waals surface area contributed by atoms with E-state index in [4.69, 9.17) is 0 Å². The van der Waals surface area contributed by atoms with Crippen molar-refractivity contribution >= 4 is 0 Å². The van der Waals surface area contributed by atoms with Crippen molar-refractivity contribution in [2.45, 2.75) is 104 Å². The Morgan fingerprint density at radius 3 is 1.16 bits per heavy atom. The first-order valence-electron chi connectivity index (χ1n) is 22.5. The van der Waals surface area contributed by atoms with Crippen LogP contribution in [0, 0.1) is 109 Å². The first-order chi connectivity index (χ1) is 33.3. The first kappa shape index (κ1) is 59.9. The van der Waals surface area contributed by atoms with Crippen LogP contribution in [-0.2, 0) is 0 Å². The summed E-state index contributed by atoms with van der Waals surface area (Å²) in [6.45, 7) is 29.5. The van der Waals surface area contributed by atoms with Crippen LogP contribution in [0.4, 0.5) is 0 Å². The van der Waals surface area contributed by atoms with Crippen LogP contribution >= 0.6 is 0 Å². The Hall–Kier alpha value is -8.13. The summed E-state index contributed by atoms with van der Waals surface area (Å²) in [6, 6.07) is 25.2. The summed E-state index contributed by atoms with van der Waals surface area (Å²) in [5.74, 6) is 3.34. The summed E-state index contributed by atoms with van der Waals surface area (Å²) >= 11 is 0. The molecule has 14 heteroatoms. The van der Waals surface area contributed by atoms with Gasteiger partial charge in [-0.15, -0.1) is 0 Å². The second-order valence-corrected chi connectivity index (χ2v) is 15.8. The van der Waals surface area contributed by atoms with E-state index in [0.717, 1.165) is 67.6 Å². The highest BCUT2D eigenvalue weighted by Gasteiger charge is 1.91. The molecule has 0 bridgehead atoms. The van der Waals surface area contributed by atoms with Crippen molar-refractivity contribution in [1.82, 2.24) is 59.8 Å². The molecular formula is C56H71N13O. The lowest BCUT2D eigenvalue weighted by Gasteiger charge is -1.95. The van der Waals surface area contributed by atoms with E-state index in [1.54, 1.807) is 55.4 Å². The summed E-state index contributed by atoms with van der Waals surface area (Å²) in [7, 11) is 0. The third-order valence-corrected chi connectivity index (χ3v) is 8.35. The van der Waals surface area contributed by atoms with Crippen molar-refractivity contribution < 1.29 is 4.73 Å². The van der Waals surface area contributed by atoms with E-state index in [1.165, 1.54) is 34.6 Å². The molecule has 0 saturated carbocycles. The highest BCUT2D eigenvalue weighted by molar-refractivity contribution is 5.13. The van der Waals surface area contributed by atoms with Crippen LogP contribution in [0.1, 0.15) is 85.1 Å². The van der Waals surface area contributed by atoms with Crippen molar-refractivity contribution in [3.05, 3.63) is 250 Å². The third kappa shape index (κ3) is 34.2. The van der Waals surface area contributed by atoms with E-state index in [-0.39, 0.29) is 0 Å². The second-order valence-electron chi connectivity index (χ2n) is 15.8. The van der Waals surface area contributed by atoms with Crippen LogP contribution < -0.4 is 4.73 Å². The van der Waals surface area contributed by atoms with Crippen LogP contribution in [0.3, 0.4) is 0 Å². The average Bonchev–Trinajstić information content (AvgIpc) is 3.31. The lowest BCUT2D eigenvalue weighted by atomic mass is 10.3. The van der Waals surface area contributed by atoms with Gasteiger partial charge in [-0.2, -0.15) is 4.73 Å². The Morgan fingerprint density at radius 1 is 0.300 bits per heavy atom. The topological polar surface area (TPSA) is 182 Å². The minimum absolute atomic E-state index is 0.771.